The Morgan fingerprint density at radius 1 is 0.451 bits per heavy atom. The number of phenolic OH excluding ortho intramolecular Hbond substituents is 2. The van der Waals surface area contributed by atoms with Crippen LogP contribution in [0.25, 0.3) is 0 Å². The summed E-state index contributed by atoms with van der Waals surface area (Å²) in [5.74, 6) is 0.834. The Kier molecular flexibility index (Phi) is 46.2. The third-order valence-electron chi connectivity index (χ3n) is 10.4. The van der Waals surface area contributed by atoms with Crippen LogP contribution in [0.2, 0.25) is 0 Å². The minimum atomic E-state index is -4.94. The van der Waals surface area contributed by atoms with Crippen LogP contribution in [0, 0.1) is 68.3 Å². The SMILES string of the molecule is CC#N.CC#N.Cc1cc2c(O)c(c1)CNCCN1CCNCCN(CCNCc3cc(C)cc(c3O)CNCCN3CCNCCN(CCNC2)CC3)CC1.[O-][Cl+3]([O-])([O-])[O-].[O-][Cl+3]([O-])([O-])[O-].[O-][Cl+][O-].[Zn+2].[Zn]. The molecule has 5 rings (SSSR count). The van der Waals surface area contributed by atoms with Crippen LogP contribution in [0.15, 0.2) is 24.3 Å². The second-order valence-corrected chi connectivity index (χ2v) is 17.3. The third kappa shape index (κ3) is 42.3. The zero-order chi connectivity index (χ0) is 52.1. The number of nitrogens with zero attached hydrogens (tertiary/aromatic N) is 6. The van der Waals surface area contributed by atoms with Crippen LogP contribution in [0.1, 0.15) is 47.2 Å². The molecule has 3 aliphatic heterocycles. The number of rotatable bonds is 0. The van der Waals surface area contributed by atoms with Crippen molar-refractivity contribution in [2.24, 2.45) is 0 Å². The van der Waals surface area contributed by atoms with Crippen molar-refractivity contribution in [3.63, 3.8) is 0 Å². The number of hydrogen-bond donors (Lipinski definition) is 8. The Labute approximate surface area is 453 Å². The van der Waals surface area contributed by atoms with Crippen molar-refractivity contribution in [1.82, 2.24) is 51.5 Å². The molecule has 4 unspecified atom stereocenters. The molecule has 398 valence electrons. The van der Waals surface area contributed by atoms with E-state index in [9.17, 15) is 10.2 Å². The van der Waals surface area contributed by atoms with Gasteiger partial charge in [-0.3, -0.25) is 19.6 Å². The van der Waals surface area contributed by atoms with Crippen LogP contribution in [0.3, 0.4) is 0 Å². The van der Waals surface area contributed by atoms with E-state index in [2.05, 4.69) is 89.6 Å². The molecule has 4 atom stereocenters. The second-order valence-electron chi connectivity index (χ2n) is 15.7. The summed E-state index contributed by atoms with van der Waals surface area (Å²) in [4.78, 5) is 10.2. The fourth-order valence-electron chi connectivity index (χ4n) is 7.35. The number of benzene rings is 2. The van der Waals surface area contributed by atoms with E-state index in [0.717, 1.165) is 153 Å². The van der Waals surface area contributed by atoms with Gasteiger partial charge in [0.2, 0.25) is 0 Å². The van der Waals surface area contributed by atoms with E-state index in [0.29, 0.717) is 37.7 Å². The molecule has 0 saturated carbocycles. The van der Waals surface area contributed by atoms with Crippen LogP contribution in [-0.4, -0.2) is 161 Å². The number of aryl methyl sites for hydroxylation is 2. The molecule has 0 spiro atoms. The molecule has 2 saturated heterocycles. The van der Waals surface area contributed by atoms with E-state index in [1.54, 1.807) is 12.1 Å². The van der Waals surface area contributed by atoms with Crippen LogP contribution < -0.4 is 78.5 Å². The number of nitriles is 2. The number of hydrogen-bond acceptors (Lipinski definition) is 24. The maximum atomic E-state index is 11.2. The fraction of sp³-hybridized carbons (Fsp3) is 0.667. The van der Waals surface area contributed by atoms with Crippen molar-refractivity contribution >= 4 is 0 Å². The first kappa shape index (κ1) is 73.6. The third-order valence-corrected chi connectivity index (χ3v) is 10.4. The van der Waals surface area contributed by atoms with Gasteiger partial charge in [0.15, 0.2) is 0 Å². The summed E-state index contributed by atoms with van der Waals surface area (Å²) in [6, 6.07) is 11.9. The van der Waals surface area contributed by atoms with Crippen LogP contribution >= 0.6 is 0 Å². The average Bonchev–Trinajstić information content (AvgIpc) is 3.44. The van der Waals surface area contributed by atoms with Crippen molar-refractivity contribution in [2.45, 2.75) is 53.9 Å². The monoisotopic (exact) mass is 1170 g/mol. The molecule has 0 aliphatic carbocycles. The fourth-order valence-corrected chi connectivity index (χ4v) is 7.35. The van der Waals surface area contributed by atoms with Gasteiger partial charge in [0.25, 0.3) is 0 Å². The number of halogens is 3. The van der Waals surface area contributed by atoms with Crippen LogP contribution in [0.4, 0.5) is 0 Å². The van der Waals surface area contributed by atoms with E-state index < -0.39 is 31.8 Å². The molecule has 2 aromatic carbocycles. The van der Waals surface area contributed by atoms with Crippen molar-refractivity contribution < 1.29 is 128 Å². The molecule has 24 nitrogen and oxygen atoms in total. The zero-order valence-corrected chi connectivity index (χ0v) is 49.7. The Hall–Kier alpha value is -1.66. The van der Waals surface area contributed by atoms with E-state index in [4.69, 9.17) is 57.1 Å². The van der Waals surface area contributed by atoms with Crippen LogP contribution in [0.5, 0.6) is 11.5 Å². The maximum Gasteiger partial charge on any atom is 2.00 e. The Bertz CT molecular complexity index is 1520. The summed E-state index contributed by atoms with van der Waals surface area (Å²) in [6.45, 7) is 29.4. The second kappa shape index (κ2) is 44.6. The number of phenols is 2. The smallest absolute Gasteiger partial charge is 0.544 e. The average molecular weight is 1170 g/mol. The summed E-state index contributed by atoms with van der Waals surface area (Å²) in [5.41, 5.74) is 6.26. The van der Waals surface area contributed by atoms with E-state index in [1.807, 2.05) is 0 Å². The summed E-state index contributed by atoms with van der Waals surface area (Å²) in [6.07, 6.45) is 0. The first-order valence-electron chi connectivity index (χ1n) is 22.2. The standard InChI is InChI=1S/C38H66N10O2.2C2H3N.2ClHO4.ClO2.2Zn/c1-31-23-33-27-41-7-15-45-11-3-39-5-13-47(21-19-45)17-9-43-29-35-25-32(2)26-36(38(35)50)30-44-10-18-48-14-6-40-4-12-46(20-22-48)16-8-42-28-34(24-31)37(33)49;2*1-2-3;2*2-1(3,4)5;2-1-3;;/h23-26,39-44,49-50H,3-22,27-30H2,1-2H3;2*1H3;2*(H,2,3,4,5);;;/q;;;;;-1;;+2/p-2. The molecule has 29 heteroatoms. The molecule has 2 fully saturated rings. The van der Waals surface area contributed by atoms with Crippen molar-refractivity contribution in [3.8, 4) is 23.6 Å². The molecule has 8 bridgehead atoms. The Morgan fingerprint density at radius 2 is 0.606 bits per heavy atom. The molecule has 8 N–H and O–H groups in total. The summed E-state index contributed by atoms with van der Waals surface area (Å²) >= 11 is -0.417. The van der Waals surface area contributed by atoms with Gasteiger partial charge in [0.05, 0.1) is 23.5 Å². The van der Waals surface area contributed by atoms with Gasteiger partial charge in [0.1, 0.15) is 11.5 Å². The summed E-state index contributed by atoms with van der Waals surface area (Å²) in [5, 5.41) is 58.7. The van der Waals surface area contributed by atoms with Gasteiger partial charge in [-0.05, 0) is 13.8 Å². The predicted molar refractivity (Wildman–Crippen MR) is 227 cm³/mol. The predicted octanol–water partition coefficient (Wildman–Crippen LogP) is -10.6. The largest absolute Gasteiger partial charge is 2.00 e. The molecule has 0 aromatic heterocycles. The molecule has 3 heterocycles. The molecule has 2 aromatic rings. The summed E-state index contributed by atoms with van der Waals surface area (Å²) < 4.78 is 84.4. The van der Waals surface area contributed by atoms with Crippen molar-refractivity contribution in [3.05, 3.63) is 57.6 Å². The van der Waals surface area contributed by atoms with Gasteiger partial charge < -0.3 is 51.4 Å². The van der Waals surface area contributed by atoms with E-state index >= 15 is 0 Å². The molecular formula is C42H72Cl3N12O12Zn2-. The maximum absolute atomic E-state index is 11.2. The molecule has 3 aliphatic rings. The van der Waals surface area contributed by atoms with Gasteiger partial charge in [-0.15, -0.1) is 20.5 Å². The zero-order valence-electron chi connectivity index (χ0n) is 41.5. The van der Waals surface area contributed by atoms with Crippen molar-refractivity contribution in [2.75, 3.05) is 131 Å². The molecular weight excluding hydrogens is 1100 g/mol. The van der Waals surface area contributed by atoms with E-state index in [-0.39, 0.29) is 39.0 Å². The normalized spacial score (nSPS) is 21.0. The first-order chi connectivity index (χ1) is 32.7. The molecule has 0 amide bonds. The number of nitrogens with one attached hydrogen (secondary N) is 6. The Balaban J connectivity index is -0.00000189. The number of aromatic hydroxyl groups is 2. The molecule has 0 radical (unpaired) electrons. The van der Waals surface area contributed by atoms with E-state index in [1.165, 1.54) is 25.0 Å². The van der Waals surface area contributed by atoms with Gasteiger partial charge in [0, 0.05) is 213 Å². The molecule has 71 heavy (non-hydrogen) atoms. The first-order valence-corrected chi connectivity index (χ1v) is 25.3. The van der Waals surface area contributed by atoms with Gasteiger partial charge in [-0.2, -0.15) is 10.5 Å². The van der Waals surface area contributed by atoms with Crippen LogP contribution in [-0.2, 0) is 65.1 Å². The quantitative estimate of drug-likeness (QED) is 0.114. The minimum absolute atomic E-state index is 0. The van der Waals surface area contributed by atoms with Gasteiger partial charge in [-0.1, -0.05) is 35.4 Å². The number of fused-ring (bicyclic) bond motifs is 10. The topological polar surface area (TPSA) is 404 Å². The summed E-state index contributed by atoms with van der Waals surface area (Å²) in [7, 11) is -9.89. The van der Waals surface area contributed by atoms with Crippen molar-refractivity contribution in [1.29, 1.82) is 10.5 Å². The minimum Gasteiger partial charge on any atom is -0.544 e. The van der Waals surface area contributed by atoms with Gasteiger partial charge >= 0.3 is 19.5 Å². The Morgan fingerprint density at radius 3 is 0.775 bits per heavy atom. The van der Waals surface area contributed by atoms with Gasteiger partial charge in [-0.25, -0.2) is 37.3 Å².